The summed E-state index contributed by atoms with van der Waals surface area (Å²) in [6.07, 6.45) is 7.82. The van der Waals surface area contributed by atoms with Crippen LogP contribution in [-0.4, -0.2) is 21.0 Å². The van der Waals surface area contributed by atoms with Crippen molar-refractivity contribution in [3.63, 3.8) is 0 Å². The summed E-state index contributed by atoms with van der Waals surface area (Å²) in [6, 6.07) is 0. The van der Waals surface area contributed by atoms with Crippen molar-refractivity contribution in [3.8, 4) is 0 Å². The number of hydrogen-bond donors (Lipinski definition) is 0. The predicted octanol–water partition coefficient (Wildman–Crippen LogP) is 5.96. The number of rotatable bonds is 5. The normalized spacial score (nSPS) is 54.6. The maximum absolute atomic E-state index is 12.8. The molecule has 8 bridgehead atoms. The highest BCUT2D eigenvalue weighted by atomic mass is 35.5. The topological polar surface area (TPSA) is 68.3 Å². The molecule has 4 unspecified atom stereocenters. The maximum Gasteiger partial charge on any atom is 0.227 e. The Hall–Kier alpha value is -0.160. The lowest BCUT2D eigenvalue weighted by Crippen LogP contribution is -2.70. The van der Waals surface area contributed by atoms with Crippen LogP contribution in [0.3, 0.4) is 0 Å². The van der Waals surface area contributed by atoms with Crippen LogP contribution in [-0.2, 0) is 19.2 Å². The number of carbonyl (C=O) groups excluding carboxylic acids is 4. The van der Waals surface area contributed by atoms with E-state index in [4.69, 9.17) is 46.4 Å². The second-order valence-corrected chi connectivity index (χ2v) is 14.2. The number of hydrogen-bond acceptors (Lipinski definition) is 4. The molecule has 4 atom stereocenters. The minimum Gasteiger partial charge on any atom is -0.281 e. The fourth-order valence-corrected chi connectivity index (χ4v) is 11.8. The summed E-state index contributed by atoms with van der Waals surface area (Å²) >= 11 is 25.0. The third-order valence-corrected chi connectivity index (χ3v) is 12.5. The fourth-order valence-electron chi connectivity index (χ4n) is 10.9. The average Bonchev–Trinajstić information content (AvgIpc) is 2.65. The largest absolute Gasteiger partial charge is 0.281 e. The smallest absolute Gasteiger partial charge is 0.227 e. The molecule has 0 heterocycles. The second kappa shape index (κ2) is 6.33. The maximum atomic E-state index is 12.8. The first kappa shape index (κ1) is 22.3. The lowest BCUT2D eigenvalue weighted by atomic mass is 9.28. The third-order valence-electron chi connectivity index (χ3n) is 10.9. The average molecular weight is 520 g/mol. The van der Waals surface area contributed by atoms with Crippen molar-refractivity contribution in [1.82, 2.24) is 0 Å². The Morgan fingerprint density at radius 3 is 0.906 bits per heavy atom. The summed E-state index contributed by atoms with van der Waals surface area (Å²) < 4.78 is 0. The Bertz CT molecular complexity index is 852. The van der Waals surface area contributed by atoms with Crippen LogP contribution in [0.2, 0.25) is 0 Å². The van der Waals surface area contributed by atoms with Gasteiger partial charge in [-0.2, -0.15) is 0 Å². The summed E-state index contributed by atoms with van der Waals surface area (Å²) in [4.78, 5) is 51.3. The fraction of sp³-hybridized carbons (Fsp3) is 0.833. The van der Waals surface area contributed by atoms with Gasteiger partial charge in [0.2, 0.25) is 21.0 Å². The van der Waals surface area contributed by atoms with Gasteiger partial charge < -0.3 is 0 Å². The molecular formula is C24H26Cl4O4. The molecule has 174 valence electrons. The highest BCUT2D eigenvalue weighted by Gasteiger charge is 2.77. The summed E-state index contributed by atoms with van der Waals surface area (Å²) in [5.74, 6) is 0.380. The first-order valence-corrected chi connectivity index (χ1v) is 13.1. The molecule has 8 aliphatic rings. The van der Waals surface area contributed by atoms with Gasteiger partial charge in [0.25, 0.3) is 0 Å². The van der Waals surface area contributed by atoms with E-state index in [1.54, 1.807) is 0 Å². The summed E-state index contributed by atoms with van der Waals surface area (Å²) in [5.41, 5.74) is -3.76. The molecule has 8 heteroatoms. The predicted molar refractivity (Wildman–Crippen MR) is 120 cm³/mol. The number of carbonyl (C=O) groups is 4. The van der Waals surface area contributed by atoms with E-state index in [1.165, 1.54) is 0 Å². The molecule has 0 N–H and O–H groups in total. The molecule has 0 aromatic carbocycles. The highest BCUT2D eigenvalue weighted by molar-refractivity contribution is 6.66. The molecule has 0 amide bonds. The van der Waals surface area contributed by atoms with Gasteiger partial charge in [0.05, 0.1) is 0 Å². The van der Waals surface area contributed by atoms with Crippen molar-refractivity contribution in [2.75, 3.05) is 0 Å². The zero-order chi connectivity index (χ0) is 22.9. The van der Waals surface area contributed by atoms with E-state index >= 15 is 0 Å². The van der Waals surface area contributed by atoms with Crippen LogP contribution < -0.4 is 0 Å². The molecular weight excluding hydrogens is 494 g/mol. The SMILES string of the molecule is O=C(Cl)C12CC3CC(C(=O)Cl)(C1)CC(C14CC5CC(C(=O)Cl)(CC(C(=O)Cl)(C5)C1)C4)(C3)C2. The van der Waals surface area contributed by atoms with Crippen LogP contribution in [0.1, 0.15) is 77.0 Å². The molecule has 8 fully saturated rings. The van der Waals surface area contributed by atoms with Crippen LogP contribution in [0.5, 0.6) is 0 Å². The van der Waals surface area contributed by atoms with Crippen molar-refractivity contribution < 1.29 is 19.2 Å². The second-order valence-electron chi connectivity index (χ2n) is 12.8. The lowest BCUT2D eigenvalue weighted by Gasteiger charge is -2.75. The van der Waals surface area contributed by atoms with Crippen molar-refractivity contribution in [1.29, 1.82) is 0 Å². The Labute approximate surface area is 207 Å². The lowest BCUT2D eigenvalue weighted by molar-refractivity contribution is -0.255. The van der Waals surface area contributed by atoms with E-state index < -0.39 is 21.7 Å². The van der Waals surface area contributed by atoms with Crippen molar-refractivity contribution in [3.05, 3.63) is 0 Å². The van der Waals surface area contributed by atoms with Gasteiger partial charge in [-0.15, -0.1) is 0 Å². The molecule has 8 rings (SSSR count). The van der Waals surface area contributed by atoms with Gasteiger partial charge in [0.15, 0.2) is 0 Å². The van der Waals surface area contributed by atoms with E-state index in [-0.39, 0.29) is 43.6 Å². The zero-order valence-corrected chi connectivity index (χ0v) is 20.8. The quantitative estimate of drug-likeness (QED) is 0.420. The van der Waals surface area contributed by atoms with Crippen molar-refractivity contribution in [2.24, 2.45) is 44.3 Å². The number of halogens is 4. The molecule has 0 spiro atoms. The Balaban J connectivity index is 1.54. The molecule has 8 saturated carbocycles. The van der Waals surface area contributed by atoms with Gasteiger partial charge in [-0.3, -0.25) is 19.2 Å². The van der Waals surface area contributed by atoms with Gasteiger partial charge in [-0.1, -0.05) is 0 Å². The van der Waals surface area contributed by atoms with Crippen molar-refractivity contribution >= 4 is 67.4 Å². The Morgan fingerprint density at radius 1 is 0.438 bits per heavy atom. The van der Waals surface area contributed by atoms with Crippen LogP contribution in [0.25, 0.3) is 0 Å². The van der Waals surface area contributed by atoms with E-state index in [9.17, 15) is 19.2 Å². The first-order chi connectivity index (χ1) is 14.8. The summed E-state index contributed by atoms with van der Waals surface area (Å²) in [5, 5.41) is -1.48. The van der Waals surface area contributed by atoms with Gasteiger partial charge in [0.1, 0.15) is 0 Å². The molecule has 4 nitrogen and oxygen atoms in total. The van der Waals surface area contributed by atoms with Gasteiger partial charge in [0, 0.05) is 21.7 Å². The monoisotopic (exact) mass is 518 g/mol. The molecule has 32 heavy (non-hydrogen) atoms. The molecule has 8 aliphatic carbocycles. The minimum atomic E-state index is -0.759. The van der Waals surface area contributed by atoms with Gasteiger partial charge in [-0.05, 0) is 146 Å². The molecule has 0 aliphatic heterocycles. The van der Waals surface area contributed by atoms with Gasteiger partial charge >= 0.3 is 0 Å². The van der Waals surface area contributed by atoms with E-state index in [0.29, 0.717) is 64.2 Å². The Kier molecular flexibility index (Phi) is 4.42. The standard InChI is InChI=1S/C24H26Cl4O4/c25-15(29)19-1-13-2-20(7-19,16(26)30)10-23(5-13,9-19)24-6-14-3-21(11-24,17(27)31)8-22(4-14,12-24)18(28)32/h13-14H,1-12H2. The highest BCUT2D eigenvalue weighted by Crippen LogP contribution is 2.82. The molecule has 0 radical (unpaired) electrons. The minimum absolute atomic E-state index is 0.190. The molecule has 0 aromatic rings. The van der Waals surface area contributed by atoms with Crippen LogP contribution in [0, 0.1) is 44.3 Å². The van der Waals surface area contributed by atoms with Crippen LogP contribution in [0.15, 0.2) is 0 Å². The van der Waals surface area contributed by atoms with Crippen LogP contribution >= 0.6 is 46.4 Å². The summed E-state index contributed by atoms with van der Waals surface area (Å²) in [7, 11) is 0. The van der Waals surface area contributed by atoms with Crippen LogP contribution in [0.4, 0.5) is 0 Å². The molecule has 0 saturated heterocycles. The van der Waals surface area contributed by atoms with E-state index in [1.807, 2.05) is 0 Å². The van der Waals surface area contributed by atoms with Crippen molar-refractivity contribution in [2.45, 2.75) is 77.0 Å². The zero-order valence-electron chi connectivity index (χ0n) is 17.8. The Morgan fingerprint density at radius 2 is 0.688 bits per heavy atom. The summed E-state index contributed by atoms with van der Waals surface area (Å²) in [6.45, 7) is 0. The first-order valence-electron chi connectivity index (χ1n) is 11.6. The van der Waals surface area contributed by atoms with Gasteiger partial charge in [-0.25, -0.2) is 0 Å². The van der Waals surface area contributed by atoms with E-state index in [0.717, 1.165) is 12.8 Å². The third kappa shape index (κ3) is 2.54. The molecule has 0 aromatic heterocycles. The van der Waals surface area contributed by atoms with E-state index in [2.05, 4.69) is 0 Å².